The highest BCUT2D eigenvalue weighted by molar-refractivity contribution is 6.01. The number of allylic oxidation sites excluding steroid dienone is 2. The molecule has 0 radical (unpaired) electrons. The Kier molecular flexibility index (Phi) is 8.96. The van der Waals surface area contributed by atoms with Crippen molar-refractivity contribution < 1.29 is 38.5 Å². The van der Waals surface area contributed by atoms with E-state index in [1.165, 1.54) is 12.1 Å². The van der Waals surface area contributed by atoms with Gasteiger partial charge in [0.25, 0.3) is 0 Å². The molecule has 1 aliphatic rings. The van der Waals surface area contributed by atoms with Gasteiger partial charge in [0.15, 0.2) is 17.2 Å². The van der Waals surface area contributed by atoms with Crippen molar-refractivity contribution in [3.8, 4) is 11.5 Å². The Morgan fingerprint density at radius 1 is 0.895 bits per heavy atom. The third-order valence-corrected chi connectivity index (χ3v) is 6.07. The summed E-state index contributed by atoms with van der Waals surface area (Å²) in [6, 6.07) is 12.0. The number of para-hydroxylation sites is 1. The van der Waals surface area contributed by atoms with Gasteiger partial charge in [-0.05, 0) is 55.5 Å². The molecule has 1 aliphatic heterocycles. The molecule has 9 heteroatoms. The molecule has 2 N–H and O–H groups in total. The van der Waals surface area contributed by atoms with Gasteiger partial charge in [-0.3, -0.25) is 5.21 Å². The zero-order valence-electron chi connectivity index (χ0n) is 22.4. The van der Waals surface area contributed by atoms with Gasteiger partial charge in [-0.15, -0.1) is 0 Å². The van der Waals surface area contributed by atoms with Crippen LogP contribution >= 0.6 is 0 Å². The van der Waals surface area contributed by atoms with Crippen LogP contribution in [0.4, 0.5) is 4.39 Å². The summed E-state index contributed by atoms with van der Waals surface area (Å²) in [7, 11) is 0. The highest BCUT2D eigenvalue weighted by Crippen LogP contribution is 2.49. The number of hydrogen-bond donors (Lipinski definition) is 2. The molecule has 0 unspecified atom stereocenters. The quantitative estimate of drug-likeness (QED) is 0.415. The van der Waals surface area contributed by atoms with Crippen LogP contribution in [0.25, 0.3) is 0 Å². The number of hydroxylamine groups is 2. The van der Waals surface area contributed by atoms with Gasteiger partial charge >= 0.3 is 11.9 Å². The molecule has 2 aromatic rings. The van der Waals surface area contributed by atoms with Crippen molar-refractivity contribution >= 4 is 11.9 Å². The molecule has 38 heavy (non-hydrogen) atoms. The van der Waals surface area contributed by atoms with Gasteiger partial charge in [-0.25, -0.2) is 19.0 Å². The fourth-order valence-electron chi connectivity index (χ4n) is 4.53. The molecule has 0 saturated heterocycles. The third kappa shape index (κ3) is 5.30. The van der Waals surface area contributed by atoms with Crippen LogP contribution in [0.1, 0.15) is 47.1 Å². The Bertz CT molecular complexity index is 1200. The van der Waals surface area contributed by atoms with E-state index < -0.39 is 35.2 Å². The Hall–Kier alpha value is -3.69. The largest absolute Gasteiger partial charge is 0.462 e. The second kappa shape index (κ2) is 11.8. The second-order valence-electron chi connectivity index (χ2n) is 9.35. The molecule has 0 amide bonds. The summed E-state index contributed by atoms with van der Waals surface area (Å²) in [5.41, 5.74) is -3.18. The molecule has 1 heterocycles. The Balaban J connectivity index is 2.42. The number of aliphatic hydroxyl groups is 1. The van der Waals surface area contributed by atoms with Gasteiger partial charge in [-0.2, -0.15) is 0 Å². The van der Waals surface area contributed by atoms with E-state index in [1.807, 2.05) is 0 Å². The van der Waals surface area contributed by atoms with Crippen LogP contribution in [-0.4, -0.2) is 40.5 Å². The molecular formula is C29H34FNO7. The van der Waals surface area contributed by atoms with Crippen LogP contribution in [0.15, 0.2) is 71.1 Å². The zero-order chi connectivity index (χ0) is 28.2. The first-order valence-electron chi connectivity index (χ1n) is 12.6. The van der Waals surface area contributed by atoms with E-state index >= 15 is 0 Å². The lowest BCUT2D eigenvalue weighted by molar-refractivity contribution is -0.146. The SMILES string of the molecule is CCOC(=O)C1=C(C(C)C)N(O)C(C(C)C)=C(C(=O)OCC)C1(O)c1ccc(F)c(Oc2ccccc2)c1. The minimum atomic E-state index is -2.47. The summed E-state index contributed by atoms with van der Waals surface area (Å²) in [5, 5.41) is 24.6. The first-order chi connectivity index (χ1) is 18.0. The number of halogens is 1. The predicted octanol–water partition coefficient (Wildman–Crippen LogP) is 5.46. The van der Waals surface area contributed by atoms with Gasteiger partial charge in [0.1, 0.15) is 16.9 Å². The lowest BCUT2D eigenvalue weighted by atomic mass is 9.72. The summed E-state index contributed by atoms with van der Waals surface area (Å²) in [6.07, 6.45) is 0. The monoisotopic (exact) mass is 527 g/mol. The second-order valence-corrected chi connectivity index (χ2v) is 9.35. The smallest absolute Gasteiger partial charge is 0.339 e. The van der Waals surface area contributed by atoms with Gasteiger partial charge < -0.3 is 19.3 Å². The van der Waals surface area contributed by atoms with Crippen molar-refractivity contribution in [2.24, 2.45) is 11.8 Å². The number of esters is 2. The molecular weight excluding hydrogens is 493 g/mol. The van der Waals surface area contributed by atoms with E-state index in [0.29, 0.717) is 5.75 Å². The average Bonchev–Trinajstić information content (AvgIpc) is 2.86. The number of rotatable bonds is 9. The molecule has 3 rings (SSSR count). The van der Waals surface area contributed by atoms with E-state index in [4.69, 9.17) is 14.2 Å². The van der Waals surface area contributed by atoms with Crippen LogP contribution in [0.2, 0.25) is 0 Å². The van der Waals surface area contributed by atoms with Crippen LogP contribution in [0.3, 0.4) is 0 Å². The Morgan fingerprint density at radius 3 is 1.84 bits per heavy atom. The van der Waals surface area contributed by atoms with Crippen LogP contribution in [0, 0.1) is 17.7 Å². The normalized spacial score (nSPS) is 15.3. The average molecular weight is 528 g/mol. The molecule has 0 fully saturated rings. The summed E-state index contributed by atoms with van der Waals surface area (Å²) < 4.78 is 31.2. The van der Waals surface area contributed by atoms with Crippen LogP contribution in [0.5, 0.6) is 11.5 Å². The van der Waals surface area contributed by atoms with E-state index in [1.54, 1.807) is 71.9 Å². The molecule has 0 bridgehead atoms. The minimum Gasteiger partial charge on any atom is -0.462 e. The van der Waals surface area contributed by atoms with Crippen LogP contribution < -0.4 is 4.74 Å². The summed E-state index contributed by atoms with van der Waals surface area (Å²) in [6.45, 7) is 10.0. The summed E-state index contributed by atoms with van der Waals surface area (Å²) in [4.78, 5) is 26.9. The number of carbonyl (C=O) groups is 2. The number of benzene rings is 2. The van der Waals surface area contributed by atoms with Gasteiger partial charge in [0.05, 0.1) is 24.6 Å². The van der Waals surface area contributed by atoms with Gasteiger partial charge in [-0.1, -0.05) is 52.0 Å². The number of carbonyl (C=O) groups excluding carboxylic acids is 2. The van der Waals surface area contributed by atoms with Gasteiger partial charge in [0.2, 0.25) is 0 Å². The molecule has 0 atom stereocenters. The summed E-state index contributed by atoms with van der Waals surface area (Å²) >= 11 is 0. The predicted molar refractivity (Wildman–Crippen MR) is 137 cm³/mol. The maximum absolute atomic E-state index is 14.9. The maximum atomic E-state index is 14.9. The Labute approximate surface area is 221 Å². The first-order valence-corrected chi connectivity index (χ1v) is 12.6. The molecule has 0 aliphatic carbocycles. The molecule has 0 spiro atoms. The van der Waals surface area contributed by atoms with Crippen molar-refractivity contribution in [2.75, 3.05) is 13.2 Å². The Morgan fingerprint density at radius 2 is 1.39 bits per heavy atom. The van der Waals surface area contributed by atoms with Crippen molar-refractivity contribution in [3.63, 3.8) is 0 Å². The molecule has 2 aromatic carbocycles. The van der Waals surface area contributed by atoms with Crippen molar-refractivity contribution in [1.82, 2.24) is 5.06 Å². The topological polar surface area (TPSA) is 106 Å². The van der Waals surface area contributed by atoms with Crippen molar-refractivity contribution in [1.29, 1.82) is 0 Å². The molecule has 204 valence electrons. The highest BCUT2D eigenvalue weighted by Gasteiger charge is 2.54. The lowest BCUT2D eigenvalue weighted by Gasteiger charge is -2.43. The molecule has 0 saturated carbocycles. The minimum absolute atomic E-state index is 0.0313. The molecule has 0 aromatic heterocycles. The van der Waals surface area contributed by atoms with Crippen LogP contribution in [-0.2, 0) is 24.7 Å². The fourth-order valence-corrected chi connectivity index (χ4v) is 4.53. The first kappa shape index (κ1) is 28.9. The third-order valence-electron chi connectivity index (χ3n) is 6.07. The highest BCUT2D eigenvalue weighted by atomic mass is 19.1. The van der Waals surface area contributed by atoms with E-state index in [9.17, 15) is 24.3 Å². The number of nitrogens with zero attached hydrogens (tertiary/aromatic N) is 1. The zero-order valence-corrected chi connectivity index (χ0v) is 22.4. The molecule has 8 nitrogen and oxygen atoms in total. The maximum Gasteiger partial charge on any atom is 0.339 e. The standard InChI is InChI=1S/C29H34FNO7/c1-7-36-27(32)23-25(17(3)4)31(35)26(18(5)6)24(28(33)37-8-2)29(23,34)19-14-15-21(30)22(16-19)38-20-12-10-9-11-13-20/h9-18,34-35H,7-8H2,1-6H3. The van der Waals surface area contributed by atoms with E-state index in [0.717, 1.165) is 11.1 Å². The van der Waals surface area contributed by atoms with Gasteiger partial charge in [0, 0.05) is 0 Å². The van der Waals surface area contributed by atoms with Crippen molar-refractivity contribution in [3.05, 3.63) is 82.5 Å². The lowest BCUT2D eigenvalue weighted by Crippen LogP contribution is -2.48. The van der Waals surface area contributed by atoms with E-state index in [-0.39, 0.29) is 47.1 Å². The van der Waals surface area contributed by atoms with E-state index in [2.05, 4.69) is 0 Å². The fraction of sp³-hybridized carbons (Fsp3) is 0.379. The summed E-state index contributed by atoms with van der Waals surface area (Å²) in [5.74, 6) is -3.51. The number of hydrogen-bond acceptors (Lipinski definition) is 8. The van der Waals surface area contributed by atoms with Crippen molar-refractivity contribution in [2.45, 2.75) is 47.1 Å². The number of ether oxygens (including phenoxy) is 3.